The second-order valence-electron chi connectivity index (χ2n) is 5.30. The highest BCUT2D eigenvalue weighted by atomic mass is 35.5. The summed E-state index contributed by atoms with van der Waals surface area (Å²) in [5, 5.41) is 4.22. The first kappa shape index (κ1) is 14.4. The Morgan fingerprint density at radius 3 is 2.95 bits per heavy atom. The third-order valence-corrected chi connectivity index (χ3v) is 4.95. The highest BCUT2D eigenvalue weighted by molar-refractivity contribution is 7.80. The van der Waals surface area contributed by atoms with Gasteiger partial charge in [0, 0.05) is 12.6 Å². The Balaban J connectivity index is 2.22. The van der Waals surface area contributed by atoms with Crippen LogP contribution < -0.4 is 10.1 Å². The minimum atomic E-state index is -0.946. The first-order valence-electron chi connectivity index (χ1n) is 6.49. The van der Waals surface area contributed by atoms with E-state index in [2.05, 4.69) is 5.32 Å². The molecule has 112 valence electrons. The monoisotopic (exact) mass is 326 g/mol. The Hall–Kier alpha value is -1.53. The van der Waals surface area contributed by atoms with Crippen LogP contribution in [0.3, 0.4) is 0 Å². The Morgan fingerprint density at radius 1 is 1.57 bits per heavy atom. The van der Waals surface area contributed by atoms with Gasteiger partial charge in [0.2, 0.25) is 0 Å². The molecule has 1 aromatic rings. The van der Waals surface area contributed by atoms with Gasteiger partial charge in [0.05, 0.1) is 18.2 Å². The molecule has 2 aliphatic heterocycles. The molecule has 0 saturated carbocycles. The zero-order valence-electron chi connectivity index (χ0n) is 11.8. The summed E-state index contributed by atoms with van der Waals surface area (Å²) in [6.07, 6.45) is 0. The lowest BCUT2D eigenvalue weighted by molar-refractivity contribution is -0.170. The van der Waals surface area contributed by atoms with Gasteiger partial charge in [-0.2, -0.15) is 0 Å². The molecule has 7 heteroatoms. The van der Waals surface area contributed by atoms with E-state index in [1.54, 1.807) is 18.0 Å². The number of para-hydroxylation sites is 1. The number of rotatable bonds is 1. The fourth-order valence-corrected chi connectivity index (χ4v) is 3.52. The van der Waals surface area contributed by atoms with Crippen LogP contribution >= 0.6 is 23.8 Å². The summed E-state index contributed by atoms with van der Waals surface area (Å²) in [5.41, 5.74) is -0.135. The standard InChI is InChI=1S/C14H15ClN2O3S/c1-14-9(12(18)19-3)10(16-13(21)17(14)2)7-5-4-6-8(15)11(7)20-14/h4-6,9-10H,1-3H3,(H,16,21). The number of thiocarbonyl (C=S) groups is 1. The molecule has 0 spiro atoms. The van der Waals surface area contributed by atoms with Crippen LogP contribution in [0.4, 0.5) is 0 Å². The van der Waals surface area contributed by atoms with Crippen molar-refractivity contribution in [1.29, 1.82) is 0 Å². The van der Waals surface area contributed by atoms with Crippen molar-refractivity contribution in [2.45, 2.75) is 18.7 Å². The maximum absolute atomic E-state index is 12.3. The van der Waals surface area contributed by atoms with E-state index in [-0.39, 0.29) is 12.0 Å². The number of benzene rings is 1. The number of methoxy groups -OCH3 is 1. The molecule has 3 rings (SSSR count). The third-order valence-electron chi connectivity index (χ3n) is 4.26. The lowest BCUT2D eigenvalue weighted by Crippen LogP contribution is -2.70. The summed E-state index contributed by atoms with van der Waals surface area (Å²) in [4.78, 5) is 14.0. The second-order valence-corrected chi connectivity index (χ2v) is 6.10. The Labute approximate surface area is 133 Å². The van der Waals surface area contributed by atoms with E-state index in [1.165, 1.54) is 7.11 Å². The molecule has 3 unspecified atom stereocenters. The minimum absolute atomic E-state index is 0.325. The van der Waals surface area contributed by atoms with Gasteiger partial charge in [-0.1, -0.05) is 23.7 Å². The van der Waals surface area contributed by atoms with Crippen LogP contribution in [-0.2, 0) is 9.53 Å². The van der Waals surface area contributed by atoms with Crippen molar-refractivity contribution in [3.63, 3.8) is 0 Å². The molecule has 3 atom stereocenters. The molecule has 5 nitrogen and oxygen atoms in total. The highest BCUT2D eigenvalue weighted by Gasteiger charge is 2.58. The number of fused-ring (bicyclic) bond motifs is 4. The minimum Gasteiger partial charge on any atom is -0.469 e. The summed E-state index contributed by atoms with van der Waals surface area (Å²) in [5.74, 6) is -0.325. The van der Waals surface area contributed by atoms with Crippen LogP contribution in [0, 0.1) is 5.92 Å². The maximum atomic E-state index is 12.3. The molecular formula is C14H15ClN2O3S. The predicted octanol–water partition coefficient (Wildman–Crippen LogP) is 2.10. The van der Waals surface area contributed by atoms with Gasteiger partial charge in [0.15, 0.2) is 10.8 Å². The topological polar surface area (TPSA) is 50.8 Å². The summed E-state index contributed by atoms with van der Waals surface area (Å²) >= 11 is 11.6. The fraction of sp³-hybridized carbons (Fsp3) is 0.429. The number of halogens is 1. The van der Waals surface area contributed by atoms with Crippen LogP contribution in [0.15, 0.2) is 18.2 Å². The SMILES string of the molecule is COC(=O)C1C2NC(=S)N(C)C1(C)Oc1c(Cl)cccc12. The number of hydrogen-bond acceptors (Lipinski definition) is 4. The van der Waals surface area contributed by atoms with Gasteiger partial charge in [-0.25, -0.2) is 0 Å². The van der Waals surface area contributed by atoms with E-state index in [0.29, 0.717) is 15.9 Å². The highest BCUT2D eigenvalue weighted by Crippen LogP contribution is 2.50. The predicted molar refractivity (Wildman–Crippen MR) is 82.2 cm³/mol. The second kappa shape index (κ2) is 4.74. The lowest BCUT2D eigenvalue weighted by Gasteiger charge is -2.54. The van der Waals surface area contributed by atoms with Crippen molar-refractivity contribution in [1.82, 2.24) is 10.2 Å². The van der Waals surface area contributed by atoms with Crippen LogP contribution in [0.25, 0.3) is 0 Å². The number of hydrogen-bond donors (Lipinski definition) is 1. The first-order chi connectivity index (χ1) is 9.90. The fourth-order valence-electron chi connectivity index (χ4n) is 2.99. The average molecular weight is 327 g/mol. The summed E-state index contributed by atoms with van der Waals surface area (Å²) in [7, 11) is 3.15. The lowest BCUT2D eigenvalue weighted by atomic mass is 9.80. The number of carbonyl (C=O) groups excluding carboxylic acids is 1. The number of nitrogens with zero attached hydrogens (tertiary/aromatic N) is 1. The molecule has 1 N–H and O–H groups in total. The van der Waals surface area contributed by atoms with Crippen LogP contribution in [0.2, 0.25) is 5.02 Å². The molecule has 0 aromatic heterocycles. The summed E-state index contributed by atoms with van der Waals surface area (Å²) < 4.78 is 11.1. The Morgan fingerprint density at radius 2 is 2.29 bits per heavy atom. The van der Waals surface area contributed by atoms with Gasteiger partial charge in [-0.05, 0) is 25.2 Å². The molecule has 0 amide bonds. The van der Waals surface area contributed by atoms with Crippen LogP contribution in [0.5, 0.6) is 5.75 Å². The van der Waals surface area contributed by atoms with Crippen molar-refractivity contribution in [2.75, 3.05) is 14.2 Å². The molecule has 1 aromatic carbocycles. The van der Waals surface area contributed by atoms with E-state index in [0.717, 1.165) is 5.56 Å². The van der Waals surface area contributed by atoms with Crippen molar-refractivity contribution in [2.24, 2.45) is 5.92 Å². The van der Waals surface area contributed by atoms with Crippen molar-refractivity contribution >= 4 is 34.9 Å². The summed E-state index contributed by atoms with van der Waals surface area (Å²) in [6.45, 7) is 1.82. The number of carbonyl (C=O) groups is 1. The number of nitrogens with one attached hydrogen (secondary N) is 1. The molecule has 21 heavy (non-hydrogen) atoms. The van der Waals surface area contributed by atoms with Gasteiger partial charge in [-0.15, -0.1) is 0 Å². The molecule has 2 heterocycles. The van der Waals surface area contributed by atoms with Gasteiger partial charge >= 0.3 is 5.97 Å². The van der Waals surface area contributed by atoms with Gasteiger partial charge in [-0.3, -0.25) is 4.79 Å². The van der Waals surface area contributed by atoms with Gasteiger partial charge in [0.1, 0.15) is 11.7 Å². The number of ether oxygens (including phenoxy) is 2. The molecule has 0 aliphatic carbocycles. The van der Waals surface area contributed by atoms with E-state index < -0.39 is 11.6 Å². The van der Waals surface area contributed by atoms with E-state index >= 15 is 0 Å². The Kier molecular flexibility index (Phi) is 3.26. The van der Waals surface area contributed by atoms with Crippen molar-refractivity contribution in [3.8, 4) is 5.75 Å². The molecule has 1 fully saturated rings. The van der Waals surface area contributed by atoms with Gasteiger partial charge < -0.3 is 19.7 Å². The molecule has 0 radical (unpaired) electrons. The molecular weight excluding hydrogens is 312 g/mol. The quantitative estimate of drug-likeness (QED) is 0.630. The van der Waals surface area contributed by atoms with E-state index in [4.69, 9.17) is 33.3 Å². The van der Waals surface area contributed by atoms with Crippen LogP contribution in [-0.4, -0.2) is 35.9 Å². The molecule has 2 aliphatic rings. The first-order valence-corrected chi connectivity index (χ1v) is 7.28. The number of esters is 1. The molecule has 2 bridgehead atoms. The maximum Gasteiger partial charge on any atom is 0.317 e. The zero-order valence-corrected chi connectivity index (χ0v) is 13.4. The normalized spacial score (nSPS) is 30.1. The van der Waals surface area contributed by atoms with Gasteiger partial charge in [0.25, 0.3) is 0 Å². The smallest absolute Gasteiger partial charge is 0.317 e. The van der Waals surface area contributed by atoms with Crippen LogP contribution in [0.1, 0.15) is 18.5 Å². The molecule has 1 saturated heterocycles. The van der Waals surface area contributed by atoms with Crippen molar-refractivity contribution < 1.29 is 14.3 Å². The van der Waals surface area contributed by atoms with E-state index in [1.807, 2.05) is 19.1 Å². The van der Waals surface area contributed by atoms with Crippen molar-refractivity contribution in [3.05, 3.63) is 28.8 Å². The van der Waals surface area contributed by atoms with E-state index in [9.17, 15) is 4.79 Å². The third kappa shape index (κ3) is 1.89. The zero-order chi connectivity index (χ0) is 15.4. The summed E-state index contributed by atoms with van der Waals surface area (Å²) in [6, 6.07) is 5.14. The Bertz CT molecular complexity index is 639. The largest absolute Gasteiger partial charge is 0.469 e. The average Bonchev–Trinajstić information content (AvgIpc) is 2.46.